The van der Waals surface area contributed by atoms with Crippen molar-refractivity contribution in [2.75, 3.05) is 32.8 Å². The highest BCUT2D eigenvalue weighted by Gasteiger charge is 2.18. The molecule has 1 rings (SSSR count). The smallest absolute Gasteiger partial charge is 0.0431 e. The summed E-state index contributed by atoms with van der Waals surface area (Å²) in [5.41, 5.74) is 0. The van der Waals surface area contributed by atoms with Crippen LogP contribution in [0.4, 0.5) is 0 Å². The van der Waals surface area contributed by atoms with Crippen LogP contribution in [0.3, 0.4) is 0 Å². The molecule has 1 heterocycles. The van der Waals surface area contributed by atoms with Gasteiger partial charge < -0.3 is 15.3 Å². The highest BCUT2D eigenvalue weighted by atomic mass is 16.2. The molecule has 0 aliphatic carbocycles. The normalized spacial score (nSPS) is 17.8. The lowest BCUT2D eigenvalue weighted by Gasteiger charge is -2.32. The quantitative estimate of drug-likeness (QED) is 0.621. The van der Waals surface area contributed by atoms with Crippen LogP contribution in [0, 0.1) is 5.92 Å². The number of piperidine rings is 1. The Balaban J connectivity index is 2.17. The zero-order valence-corrected chi connectivity index (χ0v) is 12.3. The van der Waals surface area contributed by atoms with Crippen LogP contribution >= 0.6 is 0 Å². The molecule has 0 radical (unpaired) electrons. The first-order chi connectivity index (χ1) is 8.74. The van der Waals surface area contributed by atoms with Gasteiger partial charge in [-0.15, -0.1) is 0 Å². The molecule has 1 aliphatic heterocycles. The van der Waals surface area contributed by atoms with Gasteiger partial charge in [0.1, 0.15) is 0 Å². The molecule has 0 aromatic carbocycles. The van der Waals surface area contributed by atoms with Crippen LogP contribution in [0.1, 0.15) is 52.4 Å². The highest BCUT2D eigenvalue weighted by molar-refractivity contribution is 4.74. The number of nitrogens with zero attached hydrogens (tertiary/aromatic N) is 1. The average molecular weight is 256 g/mol. The van der Waals surface area contributed by atoms with E-state index >= 15 is 0 Å². The minimum Gasteiger partial charge on any atom is -0.396 e. The van der Waals surface area contributed by atoms with E-state index < -0.39 is 0 Å². The third kappa shape index (κ3) is 6.72. The monoisotopic (exact) mass is 256 g/mol. The fourth-order valence-corrected chi connectivity index (χ4v) is 2.74. The Kier molecular flexibility index (Phi) is 8.64. The first-order valence-corrected chi connectivity index (χ1v) is 7.79. The molecule has 0 amide bonds. The first kappa shape index (κ1) is 15.9. The summed E-state index contributed by atoms with van der Waals surface area (Å²) in [6, 6.07) is 0.665. The summed E-state index contributed by atoms with van der Waals surface area (Å²) in [4.78, 5) is 2.65. The number of aliphatic hydroxyl groups is 1. The first-order valence-electron chi connectivity index (χ1n) is 7.79. The lowest BCUT2D eigenvalue weighted by Crippen LogP contribution is -2.39. The number of aliphatic hydroxyl groups excluding tert-OH is 1. The molecule has 0 unspecified atom stereocenters. The van der Waals surface area contributed by atoms with E-state index in [2.05, 4.69) is 24.1 Å². The van der Waals surface area contributed by atoms with E-state index in [4.69, 9.17) is 5.11 Å². The van der Waals surface area contributed by atoms with E-state index in [0.29, 0.717) is 12.6 Å². The molecule has 1 aliphatic rings. The second-order valence-electron chi connectivity index (χ2n) is 5.92. The summed E-state index contributed by atoms with van der Waals surface area (Å²) in [5.74, 6) is 0.895. The average Bonchev–Trinajstić information content (AvgIpc) is 2.38. The third-order valence-corrected chi connectivity index (χ3v) is 4.04. The van der Waals surface area contributed by atoms with Crippen LogP contribution in [0.25, 0.3) is 0 Å². The molecule has 3 nitrogen and oxygen atoms in total. The van der Waals surface area contributed by atoms with Gasteiger partial charge >= 0.3 is 0 Å². The Labute approximate surface area is 113 Å². The van der Waals surface area contributed by atoms with Crippen LogP contribution in [0.5, 0.6) is 0 Å². The topological polar surface area (TPSA) is 35.5 Å². The van der Waals surface area contributed by atoms with Crippen molar-refractivity contribution < 1.29 is 5.11 Å². The molecule has 0 aromatic rings. The van der Waals surface area contributed by atoms with E-state index in [1.54, 1.807) is 0 Å². The molecular formula is C15H32N2O. The SMILES string of the molecule is CC(C)N(CCCCCCO)CC1CCNCC1. The van der Waals surface area contributed by atoms with Gasteiger partial charge in [-0.05, 0) is 65.1 Å². The van der Waals surface area contributed by atoms with Crippen molar-refractivity contribution >= 4 is 0 Å². The Bertz CT molecular complexity index is 191. The number of unbranched alkanes of at least 4 members (excludes halogenated alkanes) is 3. The summed E-state index contributed by atoms with van der Waals surface area (Å²) in [6.45, 7) is 9.89. The molecule has 0 spiro atoms. The predicted molar refractivity (Wildman–Crippen MR) is 77.9 cm³/mol. The molecule has 2 N–H and O–H groups in total. The van der Waals surface area contributed by atoms with Gasteiger partial charge in [0.25, 0.3) is 0 Å². The molecule has 1 saturated heterocycles. The van der Waals surface area contributed by atoms with Gasteiger partial charge in [-0.1, -0.05) is 12.8 Å². The third-order valence-electron chi connectivity index (χ3n) is 4.04. The van der Waals surface area contributed by atoms with Crippen LogP contribution in [0.15, 0.2) is 0 Å². The van der Waals surface area contributed by atoms with Crippen LogP contribution in [-0.4, -0.2) is 48.8 Å². The minimum absolute atomic E-state index is 0.350. The predicted octanol–water partition coefficient (Wildman–Crippen LogP) is 2.25. The number of hydrogen-bond acceptors (Lipinski definition) is 3. The van der Waals surface area contributed by atoms with Crippen molar-refractivity contribution in [3.05, 3.63) is 0 Å². The largest absolute Gasteiger partial charge is 0.396 e. The molecule has 3 heteroatoms. The maximum atomic E-state index is 8.76. The standard InChI is InChI=1S/C15H32N2O/c1-14(2)17(11-5-3-4-6-12-18)13-15-7-9-16-10-8-15/h14-16,18H,3-13H2,1-2H3. The Morgan fingerprint density at radius 1 is 1.11 bits per heavy atom. The molecule has 0 saturated carbocycles. The number of hydrogen-bond donors (Lipinski definition) is 2. The number of rotatable bonds is 9. The van der Waals surface area contributed by atoms with E-state index in [0.717, 1.165) is 12.3 Å². The van der Waals surface area contributed by atoms with Crippen molar-refractivity contribution in [1.29, 1.82) is 0 Å². The van der Waals surface area contributed by atoms with Gasteiger partial charge in [-0.2, -0.15) is 0 Å². The van der Waals surface area contributed by atoms with Gasteiger partial charge in [0.2, 0.25) is 0 Å². The summed E-state index contributed by atoms with van der Waals surface area (Å²) >= 11 is 0. The molecule has 0 aromatic heterocycles. The molecular weight excluding hydrogens is 224 g/mol. The van der Waals surface area contributed by atoms with E-state index in [9.17, 15) is 0 Å². The van der Waals surface area contributed by atoms with Gasteiger partial charge in [-0.3, -0.25) is 0 Å². The van der Waals surface area contributed by atoms with E-state index in [1.807, 2.05) is 0 Å². The lowest BCUT2D eigenvalue weighted by atomic mass is 9.97. The molecule has 108 valence electrons. The van der Waals surface area contributed by atoms with Crippen molar-refractivity contribution in [3.8, 4) is 0 Å². The second kappa shape index (κ2) is 9.76. The van der Waals surface area contributed by atoms with Crippen molar-refractivity contribution in [1.82, 2.24) is 10.2 Å². The lowest BCUT2D eigenvalue weighted by molar-refractivity contribution is 0.165. The second-order valence-corrected chi connectivity index (χ2v) is 5.92. The fraction of sp³-hybridized carbons (Fsp3) is 1.00. The number of nitrogens with one attached hydrogen (secondary N) is 1. The maximum absolute atomic E-state index is 8.76. The molecule has 1 fully saturated rings. The van der Waals surface area contributed by atoms with E-state index in [1.165, 1.54) is 58.3 Å². The Morgan fingerprint density at radius 3 is 2.39 bits per heavy atom. The van der Waals surface area contributed by atoms with Crippen LogP contribution in [0.2, 0.25) is 0 Å². The van der Waals surface area contributed by atoms with Gasteiger partial charge in [0.05, 0.1) is 0 Å². The van der Waals surface area contributed by atoms with Crippen LogP contribution in [-0.2, 0) is 0 Å². The summed E-state index contributed by atoms with van der Waals surface area (Å²) in [5, 5.41) is 12.2. The zero-order chi connectivity index (χ0) is 13.2. The fourth-order valence-electron chi connectivity index (χ4n) is 2.74. The summed E-state index contributed by atoms with van der Waals surface area (Å²) in [7, 11) is 0. The van der Waals surface area contributed by atoms with E-state index in [-0.39, 0.29) is 0 Å². The Morgan fingerprint density at radius 2 is 1.78 bits per heavy atom. The maximum Gasteiger partial charge on any atom is 0.0431 e. The van der Waals surface area contributed by atoms with Gasteiger partial charge in [0.15, 0.2) is 0 Å². The zero-order valence-electron chi connectivity index (χ0n) is 12.3. The van der Waals surface area contributed by atoms with Crippen LogP contribution < -0.4 is 5.32 Å². The highest BCUT2D eigenvalue weighted by Crippen LogP contribution is 2.16. The Hall–Kier alpha value is -0.120. The van der Waals surface area contributed by atoms with Gasteiger partial charge in [0, 0.05) is 19.2 Å². The molecule has 18 heavy (non-hydrogen) atoms. The molecule has 0 bridgehead atoms. The summed E-state index contributed by atoms with van der Waals surface area (Å²) < 4.78 is 0. The summed E-state index contributed by atoms with van der Waals surface area (Å²) in [6.07, 6.45) is 7.37. The van der Waals surface area contributed by atoms with Crippen molar-refractivity contribution in [2.45, 2.75) is 58.4 Å². The van der Waals surface area contributed by atoms with Crippen molar-refractivity contribution in [2.24, 2.45) is 5.92 Å². The van der Waals surface area contributed by atoms with Gasteiger partial charge in [-0.25, -0.2) is 0 Å². The minimum atomic E-state index is 0.350. The van der Waals surface area contributed by atoms with Crippen molar-refractivity contribution in [3.63, 3.8) is 0 Å². The molecule has 0 atom stereocenters.